The molecular formula is C28H42O4S2. The van der Waals surface area contributed by atoms with Crippen LogP contribution in [0.15, 0.2) is 34.1 Å². The third-order valence-corrected chi connectivity index (χ3v) is 9.17. The maximum Gasteiger partial charge on any atom is 0.234 e. The van der Waals surface area contributed by atoms with Crippen LogP contribution in [0.5, 0.6) is 11.5 Å². The van der Waals surface area contributed by atoms with Gasteiger partial charge in [0.25, 0.3) is 0 Å². The van der Waals surface area contributed by atoms with Gasteiger partial charge in [-0.05, 0) is 45.9 Å². The number of phenols is 2. The average Bonchev–Trinajstić information content (AvgIpc) is 2.58. The van der Waals surface area contributed by atoms with Crippen molar-refractivity contribution in [3.63, 3.8) is 0 Å². The van der Waals surface area contributed by atoms with E-state index in [1.807, 2.05) is 83.1 Å². The monoisotopic (exact) mass is 506 g/mol. The first kappa shape index (κ1) is 28.6. The lowest BCUT2D eigenvalue weighted by atomic mass is 9.79. The number of rotatable bonds is 3. The van der Waals surface area contributed by atoms with Gasteiger partial charge in [0.2, 0.25) is 8.87 Å². The maximum absolute atomic E-state index is 13.7. The first-order chi connectivity index (χ1) is 15.0. The molecule has 0 unspecified atom stereocenters. The van der Waals surface area contributed by atoms with Gasteiger partial charge in [-0.1, -0.05) is 83.1 Å². The zero-order valence-electron chi connectivity index (χ0n) is 22.8. The molecule has 0 atom stereocenters. The van der Waals surface area contributed by atoms with E-state index < -0.39 is 19.7 Å². The van der Waals surface area contributed by atoms with E-state index in [1.165, 1.54) is 0 Å². The van der Waals surface area contributed by atoms with Crippen LogP contribution in [0.3, 0.4) is 0 Å². The Morgan fingerprint density at radius 1 is 0.559 bits per heavy atom. The zero-order valence-corrected chi connectivity index (χ0v) is 24.5. The lowest BCUT2D eigenvalue weighted by Crippen LogP contribution is -2.18. The highest BCUT2D eigenvalue weighted by Crippen LogP contribution is 2.46. The molecular weight excluding hydrogens is 464 g/mol. The summed E-state index contributed by atoms with van der Waals surface area (Å²) >= 11 is 0. The van der Waals surface area contributed by atoms with Gasteiger partial charge in [0, 0.05) is 37.9 Å². The molecule has 2 aromatic rings. The van der Waals surface area contributed by atoms with Gasteiger partial charge < -0.3 is 10.2 Å². The Hall–Kier alpha value is -1.66. The van der Waals surface area contributed by atoms with Crippen LogP contribution in [-0.2, 0) is 30.5 Å². The SMILES string of the molecule is CC(C)(C)c1cc(SS(=O)(=O)c2cc(C(C)(C)C)c(O)c(C(C)(C)C)c2)cc(C(C)(C)C)c1O. The van der Waals surface area contributed by atoms with Crippen molar-refractivity contribution < 1.29 is 18.6 Å². The van der Waals surface area contributed by atoms with Crippen molar-refractivity contribution in [1.29, 1.82) is 0 Å². The fourth-order valence-corrected chi connectivity index (χ4v) is 6.70. The van der Waals surface area contributed by atoms with E-state index in [1.54, 1.807) is 24.3 Å². The van der Waals surface area contributed by atoms with Gasteiger partial charge in [0.05, 0.1) is 4.90 Å². The van der Waals surface area contributed by atoms with Crippen molar-refractivity contribution in [1.82, 2.24) is 0 Å². The molecule has 2 rings (SSSR count). The van der Waals surface area contributed by atoms with Crippen molar-refractivity contribution in [2.24, 2.45) is 0 Å². The molecule has 2 N–H and O–H groups in total. The Labute approximate surface area is 210 Å². The van der Waals surface area contributed by atoms with Gasteiger partial charge in [0.15, 0.2) is 0 Å². The summed E-state index contributed by atoms with van der Waals surface area (Å²) in [5.41, 5.74) is 1.06. The third kappa shape index (κ3) is 6.12. The van der Waals surface area contributed by atoms with Gasteiger partial charge in [-0.25, -0.2) is 8.42 Å². The van der Waals surface area contributed by atoms with Gasteiger partial charge >= 0.3 is 0 Å². The Balaban J connectivity index is 2.77. The highest BCUT2D eigenvalue weighted by molar-refractivity contribution is 8.72. The normalized spacial score (nSPS) is 13.9. The lowest BCUT2D eigenvalue weighted by Gasteiger charge is -2.29. The van der Waals surface area contributed by atoms with E-state index in [0.29, 0.717) is 27.1 Å². The minimum absolute atomic E-state index is 0.152. The van der Waals surface area contributed by atoms with Crippen LogP contribution in [0.2, 0.25) is 0 Å². The molecule has 0 aliphatic rings. The smallest absolute Gasteiger partial charge is 0.234 e. The Bertz CT molecular complexity index is 1110. The highest BCUT2D eigenvalue weighted by atomic mass is 33.1. The molecule has 190 valence electrons. The van der Waals surface area contributed by atoms with Gasteiger partial charge in [-0.15, -0.1) is 0 Å². The molecule has 6 heteroatoms. The van der Waals surface area contributed by atoms with E-state index >= 15 is 0 Å². The average molecular weight is 507 g/mol. The minimum atomic E-state index is -3.81. The van der Waals surface area contributed by atoms with Crippen molar-refractivity contribution >= 4 is 19.7 Å². The number of benzene rings is 2. The highest BCUT2D eigenvalue weighted by Gasteiger charge is 2.32. The van der Waals surface area contributed by atoms with Gasteiger partial charge in [-0.2, -0.15) is 0 Å². The number of hydrogen-bond donors (Lipinski definition) is 2. The van der Waals surface area contributed by atoms with Gasteiger partial charge in [0.1, 0.15) is 11.5 Å². The molecule has 0 saturated carbocycles. The second kappa shape index (κ2) is 8.77. The summed E-state index contributed by atoms with van der Waals surface area (Å²) in [7, 11) is -3.02. The molecule has 0 fully saturated rings. The first-order valence-electron chi connectivity index (χ1n) is 11.7. The van der Waals surface area contributed by atoms with Crippen molar-refractivity contribution in [3.05, 3.63) is 46.5 Å². The lowest BCUT2D eigenvalue weighted by molar-refractivity contribution is 0.421. The summed E-state index contributed by atoms with van der Waals surface area (Å²) in [4.78, 5) is 0.739. The Morgan fingerprint density at radius 3 is 1.09 bits per heavy atom. The fourth-order valence-electron chi connectivity index (χ4n) is 3.87. The van der Waals surface area contributed by atoms with Gasteiger partial charge in [-0.3, -0.25) is 0 Å². The summed E-state index contributed by atoms with van der Waals surface area (Å²) in [6, 6.07) is 6.76. The molecule has 0 heterocycles. The van der Waals surface area contributed by atoms with Crippen LogP contribution in [0, 0.1) is 0 Å². The zero-order chi connectivity index (χ0) is 26.7. The summed E-state index contributed by atoms with van der Waals surface area (Å²) < 4.78 is 27.4. The molecule has 0 saturated heterocycles. The molecule has 4 nitrogen and oxygen atoms in total. The summed E-state index contributed by atoms with van der Waals surface area (Å²) in [6.07, 6.45) is 0. The molecule has 0 spiro atoms. The molecule has 34 heavy (non-hydrogen) atoms. The Morgan fingerprint density at radius 2 is 0.824 bits per heavy atom. The molecule has 0 aliphatic carbocycles. The maximum atomic E-state index is 13.7. The number of phenolic OH excluding ortho intramolecular Hbond substituents is 2. The molecule has 0 bridgehead atoms. The molecule has 0 aromatic heterocycles. The van der Waals surface area contributed by atoms with E-state index in [2.05, 4.69) is 0 Å². The molecule has 0 radical (unpaired) electrons. The third-order valence-electron chi connectivity index (χ3n) is 5.89. The minimum Gasteiger partial charge on any atom is -0.507 e. The predicted molar refractivity (Wildman–Crippen MR) is 144 cm³/mol. The second-order valence-corrected chi connectivity index (χ2v) is 17.1. The van der Waals surface area contributed by atoms with Crippen LogP contribution in [0.1, 0.15) is 105 Å². The second-order valence-electron chi connectivity index (χ2n) is 13.3. The van der Waals surface area contributed by atoms with E-state index in [9.17, 15) is 18.6 Å². The van der Waals surface area contributed by atoms with Crippen LogP contribution in [-0.4, -0.2) is 18.6 Å². The summed E-state index contributed by atoms with van der Waals surface area (Å²) in [5, 5.41) is 22.0. The quantitative estimate of drug-likeness (QED) is 0.416. The van der Waals surface area contributed by atoms with E-state index in [4.69, 9.17) is 0 Å². The standard InChI is InChI=1S/C28H42O4S2/c1-25(2,3)19-13-17(14-20(23(19)29)26(4,5)6)33-34(31,32)18-15-21(27(7,8)9)24(30)22(16-18)28(10,11)12/h13-16,29-30H,1-12H3. The van der Waals surface area contributed by atoms with E-state index in [-0.39, 0.29) is 27.2 Å². The van der Waals surface area contributed by atoms with Crippen molar-refractivity contribution in [2.75, 3.05) is 0 Å². The summed E-state index contributed by atoms with van der Waals surface area (Å²) in [5.74, 6) is 0.370. The number of hydrogen-bond acceptors (Lipinski definition) is 5. The van der Waals surface area contributed by atoms with Crippen molar-refractivity contribution in [2.45, 2.75) is 115 Å². The molecule has 0 aliphatic heterocycles. The first-order valence-corrected chi connectivity index (χ1v) is 14.5. The fraction of sp³-hybridized carbons (Fsp3) is 0.571. The van der Waals surface area contributed by atoms with Crippen LogP contribution in [0.25, 0.3) is 0 Å². The van der Waals surface area contributed by atoms with Crippen LogP contribution >= 0.6 is 10.8 Å². The molecule has 0 amide bonds. The van der Waals surface area contributed by atoms with Crippen LogP contribution in [0.4, 0.5) is 0 Å². The Kier molecular flexibility index (Phi) is 7.37. The number of aromatic hydroxyl groups is 2. The predicted octanol–water partition coefficient (Wildman–Crippen LogP) is 7.77. The topological polar surface area (TPSA) is 74.6 Å². The summed E-state index contributed by atoms with van der Waals surface area (Å²) in [6.45, 7) is 23.8. The van der Waals surface area contributed by atoms with Crippen molar-refractivity contribution in [3.8, 4) is 11.5 Å². The molecule has 2 aromatic carbocycles. The van der Waals surface area contributed by atoms with Crippen LogP contribution < -0.4 is 0 Å². The van der Waals surface area contributed by atoms with E-state index in [0.717, 1.165) is 10.8 Å². The largest absolute Gasteiger partial charge is 0.507 e.